The van der Waals surface area contributed by atoms with Crippen molar-refractivity contribution in [2.45, 2.75) is 32.2 Å². The first-order valence-corrected chi connectivity index (χ1v) is 9.51. The van der Waals surface area contributed by atoms with Crippen LogP contribution in [-0.2, 0) is 4.79 Å². The van der Waals surface area contributed by atoms with Crippen LogP contribution in [-0.4, -0.2) is 32.1 Å². The molecule has 142 valence electrons. The van der Waals surface area contributed by atoms with Crippen molar-refractivity contribution in [3.8, 4) is 11.1 Å². The number of hydrogen-bond acceptors (Lipinski definition) is 5. The second-order valence-corrected chi connectivity index (χ2v) is 7.12. The molecule has 3 rings (SSSR count). The average molecular weight is 364 g/mol. The number of aldehydes is 1. The molecule has 1 aliphatic carbocycles. The Kier molecular flexibility index (Phi) is 5.79. The summed E-state index contributed by atoms with van der Waals surface area (Å²) in [5.74, 6) is 0.390. The zero-order valence-electron chi connectivity index (χ0n) is 16.2. The van der Waals surface area contributed by atoms with Crippen molar-refractivity contribution >= 4 is 29.1 Å². The number of rotatable bonds is 9. The molecule has 0 radical (unpaired) electrons. The smallest absolute Gasteiger partial charge is 0.122 e. The summed E-state index contributed by atoms with van der Waals surface area (Å²) in [4.78, 5) is 10.9. The number of benzene rings is 2. The van der Waals surface area contributed by atoms with Gasteiger partial charge in [0, 0.05) is 55.0 Å². The van der Waals surface area contributed by atoms with Gasteiger partial charge in [0.05, 0.1) is 11.4 Å². The molecule has 5 nitrogen and oxygen atoms in total. The molecule has 0 heterocycles. The lowest BCUT2D eigenvalue weighted by atomic mass is 9.95. The van der Waals surface area contributed by atoms with Crippen molar-refractivity contribution < 1.29 is 4.79 Å². The van der Waals surface area contributed by atoms with Crippen LogP contribution in [0.15, 0.2) is 36.4 Å². The fraction of sp³-hybridized carbons (Fsp3) is 0.364. The second-order valence-electron chi connectivity index (χ2n) is 7.12. The van der Waals surface area contributed by atoms with Crippen LogP contribution in [0, 0.1) is 11.3 Å². The van der Waals surface area contributed by atoms with Gasteiger partial charge < -0.3 is 26.2 Å². The highest BCUT2D eigenvalue weighted by molar-refractivity contribution is 6.07. The van der Waals surface area contributed by atoms with Gasteiger partial charge in [-0.15, -0.1) is 0 Å². The summed E-state index contributed by atoms with van der Waals surface area (Å²) in [7, 11) is 3.79. The van der Waals surface area contributed by atoms with Gasteiger partial charge in [-0.05, 0) is 43.5 Å². The largest absolute Gasteiger partial charge is 0.388 e. The molecule has 2 aromatic rings. The minimum Gasteiger partial charge on any atom is -0.388 e. The number of anilines is 3. The van der Waals surface area contributed by atoms with Gasteiger partial charge in [0.1, 0.15) is 6.29 Å². The van der Waals surface area contributed by atoms with E-state index in [9.17, 15) is 4.79 Å². The average Bonchev–Trinajstić information content (AvgIpc) is 3.52. The van der Waals surface area contributed by atoms with Crippen LogP contribution >= 0.6 is 0 Å². The lowest BCUT2D eigenvalue weighted by molar-refractivity contribution is -0.107. The Bertz CT molecular complexity index is 842. The maximum Gasteiger partial charge on any atom is 0.122 e. The molecular formula is C22H28N4O. The van der Waals surface area contributed by atoms with Crippen molar-refractivity contribution in [3.05, 3.63) is 42.0 Å². The van der Waals surface area contributed by atoms with E-state index in [-0.39, 0.29) is 6.04 Å². The van der Waals surface area contributed by atoms with E-state index >= 15 is 0 Å². The van der Waals surface area contributed by atoms with E-state index in [1.54, 1.807) is 0 Å². The monoisotopic (exact) mass is 364 g/mol. The molecule has 0 saturated heterocycles. The molecule has 0 aliphatic heterocycles. The predicted octanol–water partition coefficient (Wildman–Crippen LogP) is 4.60. The lowest BCUT2D eigenvalue weighted by Gasteiger charge is -2.21. The van der Waals surface area contributed by atoms with Crippen molar-refractivity contribution in [1.82, 2.24) is 0 Å². The minimum absolute atomic E-state index is 0.0385. The van der Waals surface area contributed by atoms with Gasteiger partial charge in [-0.2, -0.15) is 0 Å². The van der Waals surface area contributed by atoms with E-state index in [1.165, 1.54) is 0 Å². The molecular weight excluding hydrogens is 336 g/mol. The molecule has 0 aromatic heterocycles. The van der Waals surface area contributed by atoms with E-state index < -0.39 is 0 Å². The summed E-state index contributed by atoms with van der Waals surface area (Å²) in [6, 6.07) is 12.4. The minimum atomic E-state index is 0.0385. The molecule has 2 aromatic carbocycles. The number of hydrogen-bond donors (Lipinski definition) is 4. The zero-order chi connectivity index (χ0) is 19.4. The Morgan fingerprint density at radius 1 is 1.19 bits per heavy atom. The van der Waals surface area contributed by atoms with E-state index in [0.29, 0.717) is 12.3 Å². The van der Waals surface area contributed by atoms with Crippen LogP contribution in [0.1, 0.15) is 31.7 Å². The van der Waals surface area contributed by atoms with Crippen LogP contribution in [0.5, 0.6) is 0 Å². The summed E-state index contributed by atoms with van der Waals surface area (Å²) in [6.07, 6.45) is 3.61. The van der Waals surface area contributed by atoms with Gasteiger partial charge in [0.25, 0.3) is 0 Å². The maximum atomic E-state index is 10.9. The molecule has 5 heteroatoms. The number of nitrogens with one attached hydrogen (secondary N) is 4. The van der Waals surface area contributed by atoms with Crippen LogP contribution < -0.4 is 16.0 Å². The summed E-state index contributed by atoms with van der Waals surface area (Å²) in [5, 5.41) is 18.5. The van der Waals surface area contributed by atoms with Gasteiger partial charge in [-0.3, -0.25) is 0 Å². The first-order chi connectivity index (χ1) is 13.1. The van der Waals surface area contributed by atoms with Crippen molar-refractivity contribution in [3.63, 3.8) is 0 Å². The van der Waals surface area contributed by atoms with Crippen LogP contribution in [0.2, 0.25) is 0 Å². The molecule has 0 spiro atoms. The number of para-hydroxylation sites is 1. The van der Waals surface area contributed by atoms with Crippen LogP contribution in [0.3, 0.4) is 0 Å². The lowest BCUT2D eigenvalue weighted by Crippen LogP contribution is -2.17. The highest BCUT2D eigenvalue weighted by Gasteiger charge is 2.28. The van der Waals surface area contributed by atoms with Gasteiger partial charge in [-0.1, -0.05) is 18.2 Å². The Morgan fingerprint density at radius 3 is 2.56 bits per heavy atom. The summed E-state index contributed by atoms with van der Waals surface area (Å²) < 4.78 is 0. The second kappa shape index (κ2) is 8.25. The molecule has 1 fully saturated rings. The Morgan fingerprint density at radius 2 is 1.93 bits per heavy atom. The fourth-order valence-corrected chi connectivity index (χ4v) is 3.35. The first-order valence-electron chi connectivity index (χ1n) is 9.51. The van der Waals surface area contributed by atoms with Crippen molar-refractivity contribution in [2.24, 2.45) is 5.92 Å². The molecule has 4 N–H and O–H groups in total. The van der Waals surface area contributed by atoms with Gasteiger partial charge in [0.15, 0.2) is 0 Å². The summed E-state index contributed by atoms with van der Waals surface area (Å²) >= 11 is 0. The third kappa shape index (κ3) is 4.13. The van der Waals surface area contributed by atoms with Gasteiger partial charge in [-0.25, -0.2) is 0 Å². The van der Waals surface area contributed by atoms with Crippen LogP contribution in [0.25, 0.3) is 11.1 Å². The van der Waals surface area contributed by atoms with Crippen molar-refractivity contribution in [2.75, 3.05) is 30.0 Å². The molecule has 1 aliphatic rings. The third-order valence-electron chi connectivity index (χ3n) is 5.05. The molecule has 1 saturated carbocycles. The standard InChI is InChI=1S/C22H28N4O/c1-14(11-12-27)26-22-17(5-4-6-20(22)25-3)16-9-10-19(24-2)18(13-16)21(23)15-7-8-15/h4-6,9-10,12-15,23-26H,7-8,11H2,1-3H3. The van der Waals surface area contributed by atoms with E-state index in [0.717, 1.165) is 58.6 Å². The number of carbonyl (C=O) groups is 1. The first kappa shape index (κ1) is 19.0. The highest BCUT2D eigenvalue weighted by atomic mass is 16.1. The van der Waals surface area contributed by atoms with E-state index in [1.807, 2.05) is 39.2 Å². The normalized spacial score (nSPS) is 14.3. The quantitative estimate of drug-likeness (QED) is 0.387. The zero-order valence-corrected chi connectivity index (χ0v) is 16.2. The topological polar surface area (TPSA) is 77.0 Å². The Hall–Kier alpha value is -2.82. The van der Waals surface area contributed by atoms with Crippen LogP contribution in [0.4, 0.5) is 17.1 Å². The Labute approximate surface area is 161 Å². The van der Waals surface area contributed by atoms with E-state index in [4.69, 9.17) is 5.41 Å². The maximum absolute atomic E-state index is 10.9. The van der Waals surface area contributed by atoms with E-state index in [2.05, 4.69) is 34.1 Å². The summed E-state index contributed by atoms with van der Waals surface area (Å²) in [6.45, 7) is 2.00. The predicted molar refractivity (Wildman–Crippen MR) is 114 cm³/mol. The summed E-state index contributed by atoms with van der Waals surface area (Å²) in [5.41, 5.74) is 6.77. The highest BCUT2D eigenvalue weighted by Crippen LogP contribution is 2.39. The van der Waals surface area contributed by atoms with Crippen molar-refractivity contribution in [1.29, 1.82) is 5.41 Å². The fourth-order valence-electron chi connectivity index (χ4n) is 3.35. The molecule has 1 unspecified atom stereocenters. The molecule has 0 amide bonds. The SMILES string of the molecule is CNc1ccc(-c2cccc(NC)c2NC(C)CC=O)cc1C(=N)C1CC1. The van der Waals surface area contributed by atoms with Gasteiger partial charge in [0.2, 0.25) is 0 Å². The van der Waals surface area contributed by atoms with Gasteiger partial charge >= 0.3 is 0 Å². The molecule has 27 heavy (non-hydrogen) atoms. The molecule has 0 bridgehead atoms. The molecule has 1 atom stereocenters. The Balaban J connectivity index is 2.06. The number of carbonyl (C=O) groups excluding carboxylic acids is 1. The third-order valence-corrected chi connectivity index (χ3v) is 5.05.